The Morgan fingerprint density at radius 2 is 2.17 bits per heavy atom. The molecular formula is C18H18ClN3O. The average molecular weight is 328 g/mol. The zero-order valence-electron chi connectivity index (χ0n) is 12.9. The van der Waals surface area contributed by atoms with Gasteiger partial charge in [0.15, 0.2) is 0 Å². The minimum atomic E-state index is 0.481. The van der Waals surface area contributed by atoms with Crippen molar-refractivity contribution in [1.29, 1.82) is 0 Å². The van der Waals surface area contributed by atoms with Crippen LogP contribution in [-0.4, -0.2) is 18.6 Å². The lowest BCUT2D eigenvalue weighted by Gasteiger charge is -2.11. The quantitative estimate of drug-likeness (QED) is 0.666. The van der Waals surface area contributed by atoms with Gasteiger partial charge in [0.1, 0.15) is 5.75 Å². The number of nitrogen functional groups attached to an aromatic ring is 1. The molecule has 0 spiro atoms. The molecule has 1 aromatic heterocycles. The Kier molecular flexibility index (Phi) is 4.59. The van der Waals surface area contributed by atoms with Gasteiger partial charge in [-0.15, -0.1) is 0 Å². The second-order valence-corrected chi connectivity index (χ2v) is 5.95. The Hall–Kier alpha value is -2.38. The Balaban J connectivity index is 1.80. The van der Waals surface area contributed by atoms with Crippen molar-refractivity contribution in [3.05, 3.63) is 46.7 Å². The summed E-state index contributed by atoms with van der Waals surface area (Å²) >= 11 is 6.35. The van der Waals surface area contributed by atoms with Gasteiger partial charge < -0.3 is 15.8 Å². The maximum Gasteiger partial charge on any atom is 0.138 e. The molecule has 118 valence electrons. The van der Waals surface area contributed by atoms with Crippen LogP contribution in [0.4, 0.5) is 11.4 Å². The number of rotatable bonds is 4. The van der Waals surface area contributed by atoms with Crippen molar-refractivity contribution in [2.75, 3.05) is 24.7 Å². The third-order valence-corrected chi connectivity index (χ3v) is 4.16. The van der Waals surface area contributed by atoms with Crippen LogP contribution < -0.4 is 15.8 Å². The van der Waals surface area contributed by atoms with Crippen molar-refractivity contribution >= 4 is 23.0 Å². The number of nitrogens with two attached hydrogens (primary N) is 1. The predicted molar refractivity (Wildman–Crippen MR) is 93.8 cm³/mol. The lowest BCUT2D eigenvalue weighted by Crippen LogP contribution is -2.06. The summed E-state index contributed by atoms with van der Waals surface area (Å²) in [5.74, 6) is 7.51. The van der Waals surface area contributed by atoms with Crippen LogP contribution in [0.5, 0.6) is 5.75 Å². The van der Waals surface area contributed by atoms with Gasteiger partial charge in [0, 0.05) is 23.9 Å². The highest BCUT2D eigenvalue weighted by molar-refractivity contribution is 6.35. The number of hydrogen-bond donors (Lipinski definition) is 2. The van der Waals surface area contributed by atoms with Crippen LogP contribution in [0.1, 0.15) is 24.0 Å². The number of methoxy groups -OCH3 is 1. The highest BCUT2D eigenvalue weighted by Gasteiger charge is 2.21. The maximum atomic E-state index is 6.35. The molecule has 1 saturated carbocycles. The molecule has 0 radical (unpaired) electrons. The first kappa shape index (κ1) is 15.5. The first-order valence-corrected chi connectivity index (χ1v) is 7.88. The highest BCUT2D eigenvalue weighted by Crippen LogP contribution is 2.33. The number of hydrogen-bond acceptors (Lipinski definition) is 4. The van der Waals surface area contributed by atoms with Crippen LogP contribution in [-0.2, 0) is 0 Å². The van der Waals surface area contributed by atoms with Gasteiger partial charge >= 0.3 is 0 Å². The molecule has 1 aliphatic rings. The maximum absolute atomic E-state index is 6.35. The molecule has 0 atom stereocenters. The van der Waals surface area contributed by atoms with E-state index in [-0.39, 0.29) is 0 Å². The van der Waals surface area contributed by atoms with E-state index < -0.39 is 0 Å². The number of nitrogens with zero attached hydrogens (tertiary/aromatic N) is 1. The Morgan fingerprint density at radius 1 is 1.35 bits per heavy atom. The summed E-state index contributed by atoms with van der Waals surface area (Å²) in [6.45, 7) is 0.945. The molecular weight excluding hydrogens is 310 g/mol. The summed E-state index contributed by atoms with van der Waals surface area (Å²) in [5, 5.41) is 3.83. The fourth-order valence-electron chi connectivity index (χ4n) is 2.16. The van der Waals surface area contributed by atoms with Crippen molar-refractivity contribution in [1.82, 2.24) is 4.98 Å². The number of aromatic nitrogens is 1. The van der Waals surface area contributed by atoms with E-state index in [0.717, 1.165) is 23.7 Å². The minimum Gasteiger partial charge on any atom is -0.495 e. The molecule has 1 heterocycles. The summed E-state index contributed by atoms with van der Waals surface area (Å²) < 4.78 is 5.13. The fraction of sp³-hybridized carbons (Fsp3) is 0.278. The number of ether oxygens (including phenoxy) is 1. The van der Waals surface area contributed by atoms with Crippen LogP contribution >= 0.6 is 11.6 Å². The zero-order chi connectivity index (χ0) is 16.2. The Bertz CT molecular complexity index is 776. The van der Waals surface area contributed by atoms with Gasteiger partial charge in [0.05, 0.1) is 29.7 Å². The second kappa shape index (κ2) is 6.80. The van der Waals surface area contributed by atoms with Crippen molar-refractivity contribution in [3.8, 4) is 17.6 Å². The summed E-state index contributed by atoms with van der Waals surface area (Å²) in [5.41, 5.74) is 8.98. The van der Waals surface area contributed by atoms with Gasteiger partial charge in [-0.05, 0) is 37.0 Å². The van der Waals surface area contributed by atoms with E-state index in [0.29, 0.717) is 22.0 Å². The molecule has 5 heteroatoms. The van der Waals surface area contributed by atoms with Gasteiger partial charge in [-0.2, -0.15) is 0 Å². The molecule has 0 bridgehead atoms. The molecule has 23 heavy (non-hydrogen) atoms. The summed E-state index contributed by atoms with van der Waals surface area (Å²) in [6, 6.07) is 5.63. The van der Waals surface area contributed by atoms with Crippen molar-refractivity contribution < 1.29 is 4.74 Å². The smallest absolute Gasteiger partial charge is 0.138 e. The van der Waals surface area contributed by atoms with E-state index in [1.165, 1.54) is 12.8 Å². The number of benzene rings is 1. The first-order valence-electron chi connectivity index (χ1n) is 7.50. The van der Waals surface area contributed by atoms with E-state index >= 15 is 0 Å². The van der Waals surface area contributed by atoms with E-state index in [9.17, 15) is 0 Å². The van der Waals surface area contributed by atoms with Gasteiger partial charge in [-0.3, -0.25) is 4.98 Å². The van der Waals surface area contributed by atoms with Gasteiger partial charge in [0.25, 0.3) is 0 Å². The van der Waals surface area contributed by atoms with Crippen LogP contribution in [0.3, 0.4) is 0 Å². The van der Waals surface area contributed by atoms with Crippen molar-refractivity contribution in [3.63, 3.8) is 0 Å². The summed E-state index contributed by atoms with van der Waals surface area (Å²) in [4.78, 5) is 4.07. The number of nitrogens with one attached hydrogen (secondary N) is 1. The molecule has 2 aromatic rings. The van der Waals surface area contributed by atoms with Crippen LogP contribution in [0.2, 0.25) is 5.02 Å². The van der Waals surface area contributed by atoms with Gasteiger partial charge in [0.2, 0.25) is 0 Å². The summed E-state index contributed by atoms with van der Waals surface area (Å²) in [6.07, 6.45) is 5.90. The van der Waals surface area contributed by atoms with E-state index in [1.807, 2.05) is 18.2 Å². The number of halogens is 1. The summed E-state index contributed by atoms with van der Waals surface area (Å²) in [7, 11) is 1.60. The molecule has 0 amide bonds. The third kappa shape index (κ3) is 3.88. The first-order chi connectivity index (χ1) is 11.2. The predicted octanol–water partition coefficient (Wildman–Crippen LogP) is 3.55. The molecule has 0 unspecified atom stereocenters. The van der Waals surface area contributed by atoms with E-state index in [2.05, 4.69) is 22.1 Å². The second-order valence-electron chi connectivity index (χ2n) is 5.58. The molecule has 3 N–H and O–H groups in total. The van der Waals surface area contributed by atoms with Gasteiger partial charge in [-0.25, -0.2) is 0 Å². The third-order valence-electron chi connectivity index (χ3n) is 3.75. The zero-order valence-corrected chi connectivity index (χ0v) is 13.7. The Morgan fingerprint density at radius 3 is 2.91 bits per heavy atom. The SMILES string of the molecule is COc1cncc(C#Cc2ccc(NCC3CC3)c(N)c2Cl)c1. The standard InChI is InChI=1S/C18H18ClN3O/c1-23-15-8-13(9-21-11-15)4-5-14-6-7-16(18(20)17(14)19)22-10-12-2-3-12/h6-9,11-12,22H,2-3,10,20H2,1H3. The topological polar surface area (TPSA) is 60.2 Å². The number of anilines is 2. The van der Waals surface area contributed by atoms with Crippen LogP contribution in [0.15, 0.2) is 30.6 Å². The van der Waals surface area contributed by atoms with Gasteiger partial charge in [-0.1, -0.05) is 23.4 Å². The Labute approximate surface area is 141 Å². The molecule has 1 aliphatic carbocycles. The van der Waals surface area contributed by atoms with Crippen molar-refractivity contribution in [2.24, 2.45) is 5.92 Å². The molecule has 0 aliphatic heterocycles. The minimum absolute atomic E-state index is 0.481. The lowest BCUT2D eigenvalue weighted by molar-refractivity contribution is 0.413. The fourth-order valence-corrected chi connectivity index (χ4v) is 2.37. The van der Waals surface area contributed by atoms with E-state index in [4.69, 9.17) is 22.1 Å². The number of pyridine rings is 1. The molecule has 1 aromatic carbocycles. The average Bonchev–Trinajstić information content (AvgIpc) is 3.40. The van der Waals surface area contributed by atoms with Crippen LogP contribution in [0.25, 0.3) is 0 Å². The molecule has 4 nitrogen and oxygen atoms in total. The molecule has 1 fully saturated rings. The van der Waals surface area contributed by atoms with Crippen molar-refractivity contribution in [2.45, 2.75) is 12.8 Å². The van der Waals surface area contributed by atoms with Crippen LogP contribution in [0, 0.1) is 17.8 Å². The highest BCUT2D eigenvalue weighted by atomic mass is 35.5. The monoisotopic (exact) mass is 327 g/mol. The lowest BCUT2D eigenvalue weighted by atomic mass is 10.1. The molecule has 3 rings (SSSR count). The van der Waals surface area contributed by atoms with E-state index in [1.54, 1.807) is 19.5 Å². The molecule has 0 saturated heterocycles. The normalized spacial score (nSPS) is 13.1. The largest absolute Gasteiger partial charge is 0.495 e.